The molecule has 8 nitrogen and oxygen atoms in total. The van der Waals surface area contributed by atoms with E-state index >= 15 is 0 Å². The number of aromatic carboxylic acids is 1. The summed E-state index contributed by atoms with van der Waals surface area (Å²) in [5.41, 5.74) is 0.598. The summed E-state index contributed by atoms with van der Waals surface area (Å²) in [4.78, 5) is 45.1. The van der Waals surface area contributed by atoms with Crippen molar-refractivity contribution in [3.63, 3.8) is 0 Å². The predicted octanol–water partition coefficient (Wildman–Crippen LogP) is -0.229. The molecule has 0 atom stereocenters. The molecule has 0 fully saturated rings. The van der Waals surface area contributed by atoms with Crippen molar-refractivity contribution in [2.45, 2.75) is 12.8 Å². The second-order valence-electron chi connectivity index (χ2n) is 5.28. The Kier molecular flexibility index (Phi) is 6.05. The average Bonchev–Trinajstić information content (AvgIpc) is 2.61. The highest BCUT2D eigenvalue weighted by atomic mass is 16.4. The van der Waals surface area contributed by atoms with Crippen LogP contribution < -0.4 is 20.8 Å². The third-order valence-electron chi connectivity index (χ3n) is 3.38. The first-order valence-corrected chi connectivity index (χ1v) is 7.58. The van der Waals surface area contributed by atoms with Gasteiger partial charge < -0.3 is 30.4 Å². The number of hydrogen-bond donors (Lipinski definition) is 2. The fourth-order valence-corrected chi connectivity index (χ4v) is 2.11. The number of carbonyl (C=O) groups is 4. The number of aliphatic carboxylic acids is 1. The SMILES string of the molecule is O=C([O-])CCC(=O)Nc1ccc(C(=O)Nc2ccccc2C(=O)[O-])cc1. The van der Waals surface area contributed by atoms with Crippen LogP contribution in [0.25, 0.3) is 0 Å². The summed E-state index contributed by atoms with van der Waals surface area (Å²) in [7, 11) is 0. The molecule has 0 saturated heterocycles. The molecule has 8 heteroatoms. The smallest absolute Gasteiger partial charge is 0.255 e. The Hall–Kier alpha value is -3.68. The number of anilines is 2. The van der Waals surface area contributed by atoms with Gasteiger partial charge in [-0.1, -0.05) is 18.2 Å². The fraction of sp³-hybridized carbons (Fsp3) is 0.111. The largest absolute Gasteiger partial charge is 0.550 e. The van der Waals surface area contributed by atoms with Crippen molar-refractivity contribution in [2.75, 3.05) is 10.6 Å². The number of benzene rings is 2. The third-order valence-corrected chi connectivity index (χ3v) is 3.38. The topological polar surface area (TPSA) is 138 Å². The number of carboxylic acids is 2. The monoisotopic (exact) mass is 354 g/mol. The van der Waals surface area contributed by atoms with Crippen LogP contribution in [0.2, 0.25) is 0 Å². The zero-order valence-corrected chi connectivity index (χ0v) is 13.5. The molecule has 0 saturated carbocycles. The van der Waals surface area contributed by atoms with Crippen molar-refractivity contribution >= 4 is 35.1 Å². The first-order valence-electron chi connectivity index (χ1n) is 7.58. The van der Waals surface area contributed by atoms with Gasteiger partial charge in [-0.15, -0.1) is 0 Å². The highest BCUT2D eigenvalue weighted by molar-refractivity contribution is 6.07. The molecular formula is C18H14N2O6-2. The molecule has 2 aromatic carbocycles. The molecule has 2 N–H and O–H groups in total. The Morgan fingerprint density at radius 2 is 1.46 bits per heavy atom. The summed E-state index contributed by atoms with van der Waals surface area (Å²) >= 11 is 0. The van der Waals surface area contributed by atoms with E-state index < -0.39 is 23.8 Å². The molecular weight excluding hydrogens is 340 g/mol. The van der Waals surface area contributed by atoms with E-state index in [9.17, 15) is 29.4 Å². The van der Waals surface area contributed by atoms with Crippen molar-refractivity contribution in [3.05, 3.63) is 59.7 Å². The molecule has 0 aliphatic carbocycles. The number of para-hydroxylation sites is 1. The lowest BCUT2D eigenvalue weighted by Gasteiger charge is -2.12. The maximum atomic E-state index is 12.2. The number of amides is 2. The van der Waals surface area contributed by atoms with E-state index in [1.165, 1.54) is 42.5 Å². The molecule has 2 aromatic rings. The second kappa shape index (κ2) is 8.43. The van der Waals surface area contributed by atoms with Gasteiger partial charge in [0.25, 0.3) is 5.91 Å². The van der Waals surface area contributed by atoms with Crippen LogP contribution >= 0.6 is 0 Å². The van der Waals surface area contributed by atoms with Crippen LogP contribution in [0.4, 0.5) is 11.4 Å². The summed E-state index contributed by atoms with van der Waals surface area (Å²) in [5, 5.41) is 26.3. The van der Waals surface area contributed by atoms with Gasteiger partial charge in [-0.2, -0.15) is 0 Å². The zero-order chi connectivity index (χ0) is 19.1. The Balaban J connectivity index is 2.02. The maximum absolute atomic E-state index is 12.2. The van der Waals surface area contributed by atoms with Crippen LogP contribution in [0.5, 0.6) is 0 Å². The molecule has 134 valence electrons. The quantitative estimate of drug-likeness (QED) is 0.704. The molecule has 26 heavy (non-hydrogen) atoms. The van der Waals surface area contributed by atoms with Gasteiger partial charge in [0.05, 0.1) is 11.7 Å². The molecule has 0 unspecified atom stereocenters. The van der Waals surface area contributed by atoms with Crippen molar-refractivity contribution in [1.29, 1.82) is 0 Å². The minimum Gasteiger partial charge on any atom is -0.550 e. The van der Waals surface area contributed by atoms with E-state index in [-0.39, 0.29) is 29.7 Å². The van der Waals surface area contributed by atoms with E-state index in [0.717, 1.165) is 0 Å². The summed E-state index contributed by atoms with van der Waals surface area (Å²) in [5.74, 6) is -3.75. The van der Waals surface area contributed by atoms with Crippen LogP contribution in [0.1, 0.15) is 33.6 Å². The Bertz CT molecular complexity index is 845. The molecule has 0 aliphatic heterocycles. The minimum atomic E-state index is -1.41. The summed E-state index contributed by atoms with van der Waals surface area (Å²) < 4.78 is 0. The highest BCUT2D eigenvalue weighted by Gasteiger charge is 2.10. The molecule has 0 spiro atoms. The summed E-state index contributed by atoms with van der Waals surface area (Å²) in [6.07, 6.45) is -0.602. The van der Waals surface area contributed by atoms with E-state index in [1.807, 2.05) is 0 Å². The van der Waals surface area contributed by atoms with Gasteiger partial charge in [0.15, 0.2) is 0 Å². The van der Waals surface area contributed by atoms with Crippen LogP contribution in [0, 0.1) is 0 Å². The van der Waals surface area contributed by atoms with Crippen molar-refractivity contribution in [1.82, 2.24) is 0 Å². The summed E-state index contributed by atoms with van der Waals surface area (Å²) in [6, 6.07) is 11.7. The average molecular weight is 354 g/mol. The Morgan fingerprint density at radius 1 is 0.808 bits per heavy atom. The van der Waals surface area contributed by atoms with Crippen molar-refractivity contribution in [3.8, 4) is 0 Å². The number of nitrogens with one attached hydrogen (secondary N) is 2. The summed E-state index contributed by atoms with van der Waals surface area (Å²) in [6.45, 7) is 0. The van der Waals surface area contributed by atoms with Gasteiger partial charge in [-0.05, 0) is 36.8 Å². The zero-order valence-electron chi connectivity index (χ0n) is 13.5. The first kappa shape index (κ1) is 18.7. The Morgan fingerprint density at radius 3 is 2.08 bits per heavy atom. The third kappa shape index (κ3) is 5.17. The van der Waals surface area contributed by atoms with Gasteiger partial charge in [0.2, 0.25) is 5.91 Å². The van der Waals surface area contributed by atoms with E-state index in [2.05, 4.69) is 10.6 Å². The lowest BCUT2D eigenvalue weighted by atomic mass is 10.1. The van der Waals surface area contributed by atoms with Gasteiger partial charge in [-0.3, -0.25) is 9.59 Å². The maximum Gasteiger partial charge on any atom is 0.255 e. The minimum absolute atomic E-state index is 0.108. The number of rotatable bonds is 7. The van der Waals surface area contributed by atoms with Gasteiger partial charge in [0, 0.05) is 29.2 Å². The fourth-order valence-electron chi connectivity index (χ4n) is 2.11. The van der Waals surface area contributed by atoms with Gasteiger partial charge >= 0.3 is 0 Å². The molecule has 2 amide bonds. The normalized spacial score (nSPS) is 10.0. The molecule has 0 heterocycles. The number of carbonyl (C=O) groups excluding carboxylic acids is 4. The highest BCUT2D eigenvalue weighted by Crippen LogP contribution is 2.16. The second-order valence-corrected chi connectivity index (χ2v) is 5.28. The van der Waals surface area contributed by atoms with Gasteiger partial charge in [-0.25, -0.2) is 0 Å². The standard InChI is InChI=1S/C18H16N2O6/c21-15(9-10-16(22)23)19-12-7-5-11(6-8-12)17(24)20-14-4-2-1-3-13(14)18(25)26/h1-8H,9-10H2,(H,19,21)(H,20,24)(H,22,23)(H,25,26)/p-2. The van der Waals surface area contributed by atoms with Crippen LogP contribution in [-0.2, 0) is 9.59 Å². The number of carboxylic acid groups (broad SMARTS) is 2. The molecule has 0 bridgehead atoms. The van der Waals surface area contributed by atoms with Crippen LogP contribution in [0.3, 0.4) is 0 Å². The van der Waals surface area contributed by atoms with Crippen molar-refractivity contribution < 1.29 is 29.4 Å². The van der Waals surface area contributed by atoms with Gasteiger partial charge in [0.1, 0.15) is 0 Å². The number of hydrogen-bond acceptors (Lipinski definition) is 6. The van der Waals surface area contributed by atoms with E-state index in [4.69, 9.17) is 0 Å². The molecule has 0 aromatic heterocycles. The lowest BCUT2D eigenvalue weighted by molar-refractivity contribution is -0.305. The van der Waals surface area contributed by atoms with Crippen LogP contribution in [0.15, 0.2) is 48.5 Å². The predicted molar refractivity (Wildman–Crippen MR) is 88.0 cm³/mol. The lowest BCUT2D eigenvalue weighted by Crippen LogP contribution is -2.25. The van der Waals surface area contributed by atoms with Crippen molar-refractivity contribution in [2.24, 2.45) is 0 Å². The molecule has 2 rings (SSSR count). The van der Waals surface area contributed by atoms with Crippen LogP contribution in [-0.4, -0.2) is 23.8 Å². The van der Waals surface area contributed by atoms with E-state index in [0.29, 0.717) is 5.69 Å². The Labute approximate surface area is 148 Å². The molecule has 0 radical (unpaired) electrons. The first-order chi connectivity index (χ1) is 12.4. The van der Waals surface area contributed by atoms with E-state index in [1.54, 1.807) is 6.07 Å². The molecule has 0 aliphatic rings.